The van der Waals surface area contributed by atoms with E-state index in [2.05, 4.69) is 14.8 Å². The van der Waals surface area contributed by atoms with Crippen LogP contribution in [0.25, 0.3) is 11.4 Å². The number of benzene rings is 1. The van der Waals surface area contributed by atoms with Crippen molar-refractivity contribution in [3.8, 4) is 11.4 Å². The first kappa shape index (κ1) is 13.3. The van der Waals surface area contributed by atoms with Crippen LogP contribution >= 0.6 is 0 Å². The molecule has 0 bridgehead atoms. The monoisotopic (exact) mass is 272 g/mol. The predicted molar refractivity (Wildman–Crippen MR) is 61.9 cm³/mol. The maximum atomic E-state index is 11.9. The number of hydrogen-bond acceptors (Lipinski definition) is 4. The van der Waals surface area contributed by atoms with Crippen LogP contribution < -0.4 is 5.73 Å². The topological polar surface area (TPSA) is 66.0 Å². The number of nitrogen functional groups attached to an aromatic ring is 1. The number of rotatable bonds is 4. The molecule has 1 heterocycles. The SMILES string of the molecule is Nc1cccc(-c2ncn(COCC(F)(F)F)n2)c1. The summed E-state index contributed by atoms with van der Waals surface area (Å²) < 4.78 is 41.3. The van der Waals surface area contributed by atoms with Crippen LogP contribution in [0.4, 0.5) is 18.9 Å². The molecule has 0 saturated heterocycles. The Bertz CT molecular complexity index is 553. The van der Waals surface area contributed by atoms with Crippen molar-refractivity contribution in [3.05, 3.63) is 30.6 Å². The minimum Gasteiger partial charge on any atom is -0.399 e. The van der Waals surface area contributed by atoms with E-state index in [0.29, 0.717) is 17.1 Å². The lowest BCUT2D eigenvalue weighted by atomic mass is 10.2. The zero-order chi connectivity index (χ0) is 13.9. The molecular formula is C11H11F3N4O. The molecule has 0 atom stereocenters. The third-order valence-electron chi connectivity index (χ3n) is 2.17. The summed E-state index contributed by atoms with van der Waals surface area (Å²) in [4.78, 5) is 3.98. The van der Waals surface area contributed by atoms with Crippen molar-refractivity contribution in [2.45, 2.75) is 12.9 Å². The standard InChI is InChI=1S/C11H11F3N4O/c12-11(13,14)5-19-7-18-6-16-10(17-18)8-2-1-3-9(15)4-8/h1-4,6H,5,7,15H2. The van der Waals surface area contributed by atoms with E-state index in [1.165, 1.54) is 11.0 Å². The quantitative estimate of drug-likeness (QED) is 0.865. The van der Waals surface area contributed by atoms with Gasteiger partial charge in [0.1, 0.15) is 19.7 Å². The molecule has 0 aliphatic heterocycles. The van der Waals surface area contributed by atoms with Gasteiger partial charge >= 0.3 is 6.18 Å². The Morgan fingerprint density at radius 1 is 1.32 bits per heavy atom. The molecule has 0 saturated carbocycles. The molecule has 8 heteroatoms. The van der Waals surface area contributed by atoms with Crippen molar-refractivity contribution in [3.63, 3.8) is 0 Å². The highest BCUT2D eigenvalue weighted by Gasteiger charge is 2.27. The minimum atomic E-state index is -4.35. The van der Waals surface area contributed by atoms with E-state index < -0.39 is 12.8 Å². The van der Waals surface area contributed by atoms with Crippen molar-refractivity contribution in [1.82, 2.24) is 14.8 Å². The first-order valence-corrected chi connectivity index (χ1v) is 5.34. The zero-order valence-electron chi connectivity index (χ0n) is 9.76. The normalized spacial score (nSPS) is 11.7. The van der Waals surface area contributed by atoms with E-state index in [-0.39, 0.29) is 6.73 Å². The molecule has 1 aromatic heterocycles. The number of nitrogens with two attached hydrogens (primary N) is 1. The number of aromatic nitrogens is 3. The lowest BCUT2D eigenvalue weighted by Crippen LogP contribution is -2.18. The van der Waals surface area contributed by atoms with Gasteiger partial charge in [-0.15, -0.1) is 5.10 Å². The largest absolute Gasteiger partial charge is 0.411 e. The van der Waals surface area contributed by atoms with E-state index in [0.717, 1.165) is 0 Å². The Balaban J connectivity index is 1.99. The molecule has 2 rings (SSSR count). The second-order valence-electron chi connectivity index (χ2n) is 3.83. The van der Waals surface area contributed by atoms with Gasteiger partial charge in [0, 0.05) is 11.3 Å². The van der Waals surface area contributed by atoms with Crippen LogP contribution in [0.3, 0.4) is 0 Å². The third kappa shape index (κ3) is 3.95. The van der Waals surface area contributed by atoms with Crippen LogP contribution in [0.2, 0.25) is 0 Å². The molecule has 19 heavy (non-hydrogen) atoms. The second-order valence-corrected chi connectivity index (χ2v) is 3.83. The average molecular weight is 272 g/mol. The molecule has 0 fully saturated rings. The number of hydrogen-bond donors (Lipinski definition) is 1. The Morgan fingerprint density at radius 3 is 2.79 bits per heavy atom. The molecule has 5 nitrogen and oxygen atoms in total. The summed E-state index contributed by atoms with van der Waals surface area (Å²) in [5, 5.41) is 4.00. The molecule has 2 N–H and O–H groups in total. The molecule has 0 spiro atoms. The van der Waals surface area contributed by atoms with Gasteiger partial charge in [0.15, 0.2) is 5.82 Å². The fourth-order valence-electron chi connectivity index (χ4n) is 1.42. The van der Waals surface area contributed by atoms with Crippen LogP contribution in [0, 0.1) is 0 Å². The van der Waals surface area contributed by atoms with Crippen molar-refractivity contribution in [1.29, 1.82) is 0 Å². The van der Waals surface area contributed by atoms with Crippen molar-refractivity contribution in [2.24, 2.45) is 0 Å². The minimum absolute atomic E-state index is 0.311. The number of halogens is 3. The average Bonchev–Trinajstić information content (AvgIpc) is 2.76. The highest BCUT2D eigenvalue weighted by Crippen LogP contribution is 2.17. The van der Waals surface area contributed by atoms with Gasteiger partial charge in [-0.2, -0.15) is 13.2 Å². The molecule has 0 amide bonds. The first-order chi connectivity index (χ1) is 8.94. The van der Waals surface area contributed by atoms with Crippen molar-refractivity contribution in [2.75, 3.05) is 12.3 Å². The summed E-state index contributed by atoms with van der Waals surface area (Å²) in [6.45, 7) is -1.63. The van der Waals surface area contributed by atoms with Gasteiger partial charge in [-0.3, -0.25) is 0 Å². The van der Waals surface area contributed by atoms with Crippen molar-refractivity contribution >= 4 is 5.69 Å². The van der Waals surface area contributed by atoms with Crippen LogP contribution in [0.5, 0.6) is 0 Å². The number of alkyl halides is 3. The summed E-state index contributed by atoms with van der Waals surface area (Å²) in [6, 6.07) is 6.89. The van der Waals surface area contributed by atoms with E-state index in [1.54, 1.807) is 24.3 Å². The Morgan fingerprint density at radius 2 is 2.11 bits per heavy atom. The van der Waals surface area contributed by atoms with Crippen LogP contribution in [0.1, 0.15) is 0 Å². The van der Waals surface area contributed by atoms with E-state index in [1.807, 2.05) is 0 Å². The van der Waals surface area contributed by atoms with Gasteiger partial charge in [-0.25, -0.2) is 9.67 Å². The first-order valence-electron chi connectivity index (χ1n) is 5.34. The highest BCUT2D eigenvalue weighted by molar-refractivity contribution is 5.60. The molecule has 0 aliphatic rings. The molecular weight excluding hydrogens is 261 g/mol. The highest BCUT2D eigenvalue weighted by atomic mass is 19.4. The Kier molecular flexibility index (Phi) is 3.70. The maximum Gasteiger partial charge on any atom is 0.411 e. The van der Waals surface area contributed by atoms with Crippen molar-refractivity contribution < 1.29 is 17.9 Å². The summed E-state index contributed by atoms with van der Waals surface area (Å²) in [5.74, 6) is 0.378. The summed E-state index contributed by atoms with van der Waals surface area (Å²) in [6.07, 6.45) is -3.05. The van der Waals surface area contributed by atoms with E-state index in [4.69, 9.17) is 5.73 Å². The smallest absolute Gasteiger partial charge is 0.399 e. The van der Waals surface area contributed by atoms with E-state index >= 15 is 0 Å². The molecule has 1 aromatic carbocycles. The lowest BCUT2D eigenvalue weighted by molar-refractivity contribution is -0.182. The summed E-state index contributed by atoms with van der Waals surface area (Å²) in [7, 11) is 0. The third-order valence-corrected chi connectivity index (χ3v) is 2.17. The molecule has 0 radical (unpaired) electrons. The van der Waals surface area contributed by atoms with Gasteiger partial charge in [0.2, 0.25) is 0 Å². The van der Waals surface area contributed by atoms with Gasteiger partial charge in [0.05, 0.1) is 0 Å². The Hall–Kier alpha value is -2.09. The Labute approximate surface area is 106 Å². The van der Waals surface area contributed by atoms with E-state index in [9.17, 15) is 13.2 Å². The molecule has 0 aliphatic carbocycles. The van der Waals surface area contributed by atoms with Crippen LogP contribution in [0.15, 0.2) is 30.6 Å². The predicted octanol–water partition coefficient (Wildman–Crippen LogP) is 2.06. The molecule has 0 unspecified atom stereocenters. The maximum absolute atomic E-state index is 11.9. The number of anilines is 1. The van der Waals surface area contributed by atoms with Crippen LogP contribution in [-0.2, 0) is 11.5 Å². The zero-order valence-corrected chi connectivity index (χ0v) is 9.76. The second kappa shape index (κ2) is 5.27. The molecule has 102 valence electrons. The van der Waals surface area contributed by atoms with Crippen LogP contribution in [-0.4, -0.2) is 27.5 Å². The fourth-order valence-corrected chi connectivity index (χ4v) is 1.42. The molecule has 2 aromatic rings. The van der Waals surface area contributed by atoms with Gasteiger partial charge in [0.25, 0.3) is 0 Å². The van der Waals surface area contributed by atoms with Gasteiger partial charge in [-0.1, -0.05) is 12.1 Å². The lowest BCUT2D eigenvalue weighted by Gasteiger charge is -2.06. The van der Waals surface area contributed by atoms with Gasteiger partial charge in [-0.05, 0) is 12.1 Å². The summed E-state index contributed by atoms with van der Waals surface area (Å²) >= 11 is 0. The van der Waals surface area contributed by atoms with Gasteiger partial charge < -0.3 is 10.5 Å². The fraction of sp³-hybridized carbons (Fsp3) is 0.273. The summed E-state index contributed by atoms with van der Waals surface area (Å²) in [5.41, 5.74) is 6.87. The number of nitrogens with zero attached hydrogens (tertiary/aromatic N) is 3. The number of ether oxygens (including phenoxy) is 1.